The number of rotatable bonds is 5. The largest absolute Gasteiger partial charge is 0.362 e. The van der Waals surface area contributed by atoms with E-state index in [2.05, 4.69) is 5.32 Å². The van der Waals surface area contributed by atoms with Crippen LogP contribution in [0, 0.1) is 10.1 Å². The van der Waals surface area contributed by atoms with E-state index in [0.29, 0.717) is 16.3 Å². The lowest BCUT2D eigenvalue weighted by atomic mass is 10.1. The molecule has 0 saturated heterocycles. The molecule has 0 fully saturated rings. The molecule has 1 N–H and O–H groups in total. The molecule has 106 valence electrons. The summed E-state index contributed by atoms with van der Waals surface area (Å²) >= 11 is 5.75. The number of non-ortho nitro benzene ring substituents is 1. The molecule has 2 aromatic carbocycles. The minimum absolute atomic E-state index is 0.0155. The topological polar surface area (TPSA) is 72.2 Å². The van der Waals surface area contributed by atoms with Crippen molar-refractivity contribution in [3.63, 3.8) is 0 Å². The van der Waals surface area contributed by atoms with Gasteiger partial charge in [0.15, 0.2) is 5.78 Å². The zero-order valence-corrected chi connectivity index (χ0v) is 11.6. The smallest absolute Gasteiger partial charge is 0.269 e. The van der Waals surface area contributed by atoms with E-state index in [4.69, 9.17) is 11.6 Å². The monoisotopic (exact) mass is 302 g/mol. The normalized spacial score (nSPS) is 10.5. The Bertz CT molecular complexity index is 679. The molecule has 2 rings (SSSR count). The first-order valence-electron chi connectivity index (χ1n) is 6.04. The molecule has 0 aliphatic carbocycles. The van der Waals surface area contributed by atoms with Crippen molar-refractivity contribution in [2.24, 2.45) is 0 Å². The van der Waals surface area contributed by atoms with Crippen LogP contribution in [0.15, 0.2) is 60.8 Å². The molecule has 6 heteroatoms. The van der Waals surface area contributed by atoms with Gasteiger partial charge in [-0.05, 0) is 36.4 Å². The second kappa shape index (κ2) is 6.67. The maximum absolute atomic E-state index is 11.8. The molecule has 0 bridgehead atoms. The van der Waals surface area contributed by atoms with E-state index in [-0.39, 0.29) is 11.5 Å². The van der Waals surface area contributed by atoms with Gasteiger partial charge in [0.2, 0.25) is 0 Å². The number of allylic oxidation sites excluding steroid dienone is 1. The van der Waals surface area contributed by atoms with E-state index in [0.717, 1.165) is 0 Å². The number of nitro benzene ring substituents is 1. The summed E-state index contributed by atoms with van der Waals surface area (Å²) < 4.78 is 0. The van der Waals surface area contributed by atoms with Crippen molar-refractivity contribution in [3.8, 4) is 0 Å². The average molecular weight is 303 g/mol. The third kappa shape index (κ3) is 4.15. The van der Waals surface area contributed by atoms with E-state index in [1.54, 1.807) is 36.4 Å². The number of carbonyl (C=O) groups excluding carboxylic acids is 1. The van der Waals surface area contributed by atoms with Gasteiger partial charge >= 0.3 is 0 Å². The van der Waals surface area contributed by atoms with Crippen molar-refractivity contribution in [2.45, 2.75) is 0 Å². The lowest BCUT2D eigenvalue weighted by Crippen LogP contribution is -1.96. The van der Waals surface area contributed by atoms with Crippen LogP contribution in [0.5, 0.6) is 0 Å². The van der Waals surface area contributed by atoms with E-state index in [1.807, 2.05) is 0 Å². The fourth-order valence-electron chi connectivity index (χ4n) is 1.60. The molecule has 0 heterocycles. The van der Waals surface area contributed by atoms with Gasteiger partial charge in [0.25, 0.3) is 5.69 Å². The van der Waals surface area contributed by atoms with Gasteiger partial charge in [0.05, 0.1) is 4.92 Å². The number of benzene rings is 2. The summed E-state index contributed by atoms with van der Waals surface area (Å²) in [4.78, 5) is 21.9. The van der Waals surface area contributed by atoms with Crippen LogP contribution in [0.2, 0.25) is 5.02 Å². The molecular weight excluding hydrogens is 292 g/mol. The fourth-order valence-corrected chi connectivity index (χ4v) is 1.73. The molecular formula is C15H11ClN2O3. The Labute approximate surface area is 126 Å². The third-order valence-corrected chi connectivity index (χ3v) is 2.94. The van der Waals surface area contributed by atoms with Crippen molar-refractivity contribution in [2.75, 3.05) is 5.32 Å². The van der Waals surface area contributed by atoms with E-state index in [1.165, 1.54) is 24.4 Å². The zero-order valence-electron chi connectivity index (χ0n) is 10.8. The van der Waals surface area contributed by atoms with Gasteiger partial charge in [-0.15, -0.1) is 0 Å². The average Bonchev–Trinajstić information content (AvgIpc) is 2.48. The molecule has 5 nitrogen and oxygen atoms in total. The molecule has 0 aliphatic rings. The summed E-state index contributed by atoms with van der Waals surface area (Å²) in [5.41, 5.74) is 1.20. The van der Waals surface area contributed by atoms with Crippen molar-refractivity contribution in [3.05, 3.63) is 81.5 Å². The van der Waals surface area contributed by atoms with Crippen LogP contribution in [0.1, 0.15) is 10.4 Å². The maximum Gasteiger partial charge on any atom is 0.269 e. The van der Waals surface area contributed by atoms with Gasteiger partial charge in [-0.2, -0.15) is 0 Å². The number of halogens is 1. The van der Waals surface area contributed by atoms with Crippen molar-refractivity contribution in [1.29, 1.82) is 0 Å². The lowest BCUT2D eigenvalue weighted by Gasteiger charge is -2.00. The highest BCUT2D eigenvalue weighted by Gasteiger charge is 2.03. The number of nitrogens with zero attached hydrogens (tertiary/aromatic N) is 1. The summed E-state index contributed by atoms with van der Waals surface area (Å²) in [6.45, 7) is 0. The summed E-state index contributed by atoms with van der Waals surface area (Å²) in [6, 6.07) is 12.5. The molecule has 0 atom stereocenters. The Morgan fingerprint density at radius 2 is 1.71 bits per heavy atom. The first-order valence-corrected chi connectivity index (χ1v) is 6.41. The number of nitrogens with one attached hydrogen (secondary N) is 1. The standard InChI is InChI=1S/C15H11ClN2O3/c16-12-3-1-11(2-4-12)15(19)9-10-17-13-5-7-14(8-6-13)18(20)21/h1-10,17H/b10-9-. The van der Waals surface area contributed by atoms with Gasteiger partial charge in [-0.25, -0.2) is 0 Å². The van der Waals surface area contributed by atoms with E-state index < -0.39 is 4.92 Å². The maximum atomic E-state index is 11.8. The van der Waals surface area contributed by atoms with Crippen LogP contribution in [0.4, 0.5) is 11.4 Å². The summed E-state index contributed by atoms with van der Waals surface area (Å²) in [7, 11) is 0. The van der Waals surface area contributed by atoms with Gasteiger partial charge in [0.1, 0.15) is 0 Å². The summed E-state index contributed by atoms with van der Waals surface area (Å²) in [6.07, 6.45) is 2.86. The van der Waals surface area contributed by atoms with E-state index >= 15 is 0 Å². The van der Waals surface area contributed by atoms with Crippen LogP contribution >= 0.6 is 11.6 Å². The third-order valence-electron chi connectivity index (χ3n) is 2.69. The Balaban J connectivity index is 1.97. The highest BCUT2D eigenvalue weighted by molar-refractivity contribution is 6.30. The molecule has 0 unspecified atom stereocenters. The molecule has 2 aromatic rings. The minimum Gasteiger partial charge on any atom is -0.362 e. The number of hydrogen-bond donors (Lipinski definition) is 1. The van der Waals surface area contributed by atoms with Gasteiger partial charge in [-0.3, -0.25) is 14.9 Å². The van der Waals surface area contributed by atoms with Crippen LogP contribution in [0.3, 0.4) is 0 Å². The van der Waals surface area contributed by atoms with Crippen LogP contribution in [0.25, 0.3) is 0 Å². The van der Waals surface area contributed by atoms with Crippen LogP contribution in [-0.4, -0.2) is 10.7 Å². The Morgan fingerprint density at radius 3 is 2.29 bits per heavy atom. The van der Waals surface area contributed by atoms with E-state index in [9.17, 15) is 14.9 Å². The molecule has 0 amide bonds. The number of ketones is 1. The number of anilines is 1. The van der Waals surface area contributed by atoms with Crippen LogP contribution < -0.4 is 5.32 Å². The minimum atomic E-state index is -0.469. The first-order chi connectivity index (χ1) is 10.1. The lowest BCUT2D eigenvalue weighted by molar-refractivity contribution is -0.384. The van der Waals surface area contributed by atoms with Crippen molar-refractivity contribution < 1.29 is 9.72 Å². The summed E-state index contributed by atoms with van der Waals surface area (Å²) in [5, 5.41) is 14.0. The quantitative estimate of drug-likeness (QED) is 0.391. The molecule has 21 heavy (non-hydrogen) atoms. The van der Waals surface area contributed by atoms with Crippen molar-refractivity contribution >= 4 is 28.8 Å². The highest BCUT2D eigenvalue weighted by Crippen LogP contribution is 2.15. The molecule has 0 saturated carbocycles. The molecule has 0 spiro atoms. The zero-order chi connectivity index (χ0) is 15.2. The molecule has 0 aliphatic heterocycles. The second-order valence-corrected chi connectivity index (χ2v) is 4.59. The molecule has 0 aromatic heterocycles. The fraction of sp³-hybridized carbons (Fsp3) is 0. The van der Waals surface area contributed by atoms with Gasteiger partial charge < -0.3 is 5.32 Å². The van der Waals surface area contributed by atoms with Gasteiger partial charge in [0, 0.05) is 40.7 Å². The predicted molar refractivity (Wildman–Crippen MR) is 81.6 cm³/mol. The highest BCUT2D eigenvalue weighted by atomic mass is 35.5. The number of hydrogen-bond acceptors (Lipinski definition) is 4. The van der Waals surface area contributed by atoms with Crippen molar-refractivity contribution in [1.82, 2.24) is 0 Å². The Kier molecular flexibility index (Phi) is 4.68. The number of nitro groups is 1. The van der Waals surface area contributed by atoms with Crippen LogP contribution in [-0.2, 0) is 0 Å². The van der Waals surface area contributed by atoms with Gasteiger partial charge in [-0.1, -0.05) is 11.6 Å². The first kappa shape index (κ1) is 14.7. The summed E-state index contributed by atoms with van der Waals surface area (Å²) in [5.74, 6) is -0.166. The Hall–Kier alpha value is -2.66. The Morgan fingerprint density at radius 1 is 1.10 bits per heavy atom. The number of carbonyl (C=O) groups is 1. The molecule has 0 radical (unpaired) electrons. The SMILES string of the molecule is O=C(/C=C\Nc1ccc([N+](=O)[O-])cc1)c1ccc(Cl)cc1. The second-order valence-electron chi connectivity index (χ2n) is 4.15. The predicted octanol–water partition coefficient (Wildman–Crippen LogP) is 4.06.